The molecule has 0 aromatic heterocycles. The van der Waals surface area contributed by atoms with Gasteiger partial charge in [0.2, 0.25) is 5.82 Å². The van der Waals surface area contributed by atoms with Gasteiger partial charge in [-0.3, -0.25) is 0 Å². The highest BCUT2D eigenvalue weighted by atomic mass is 19.2. The lowest BCUT2D eigenvalue weighted by Gasteiger charge is -2.09. The highest BCUT2D eigenvalue weighted by Crippen LogP contribution is 2.24. The average molecular weight is 451 g/mol. The quantitative estimate of drug-likeness (QED) is 0.0714. The summed E-state index contributed by atoms with van der Waals surface area (Å²) in [5, 5.41) is 3.67. The molecular weight excluding hydrogens is 429 g/mol. The van der Waals surface area contributed by atoms with Gasteiger partial charge in [0.25, 0.3) is 0 Å². The molecule has 0 heterocycles. The first-order chi connectivity index (χ1) is 15.3. The molecule has 2 rings (SSSR count). The Labute approximate surface area is 182 Å². The Hall–Kier alpha value is -3.29. The van der Waals surface area contributed by atoms with Crippen LogP contribution in [0.1, 0.15) is 48.0 Å². The Morgan fingerprint density at radius 1 is 0.875 bits per heavy atom. The smallest absolute Gasteiger partial charge is 0.313 e. The molecule has 2 aromatic carbocycles. The van der Waals surface area contributed by atoms with Gasteiger partial charge in [-0.05, 0) is 44.1 Å². The van der Waals surface area contributed by atoms with Crippen molar-refractivity contribution < 1.29 is 31.6 Å². The fourth-order valence-electron chi connectivity index (χ4n) is 2.84. The summed E-state index contributed by atoms with van der Waals surface area (Å²) < 4.78 is 67.6. The summed E-state index contributed by atoms with van der Waals surface area (Å²) in [7, 11) is 0. The summed E-state index contributed by atoms with van der Waals surface area (Å²) in [4.78, 5) is 16.6. The van der Waals surface area contributed by atoms with Gasteiger partial charge in [0.15, 0.2) is 23.3 Å². The van der Waals surface area contributed by atoms with Crippen LogP contribution in [0.15, 0.2) is 60.3 Å². The van der Waals surface area contributed by atoms with Crippen molar-refractivity contribution in [3.05, 3.63) is 95.4 Å². The number of rotatable bonds is 11. The number of carbonyl (C=O) groups is 1. The average Bonchev–Trinajstić information content (AvgIpc) is 2.80. The molecule has 170 valence electrons. The molecule has 0 aliphatic heterocycles. The van der Waals surface area contributed by atoms with Gasteiger partial charge in [-0.15, -0.1) is 6.58 Å². The summed E-state index contributed by atoms with van der Waals surface area (Å²) in [5.74, 6) is -13.2. The van der Waals surface area contributed by atoms with E-state index in [1.807, 2.05) is 30.3 Å². The third kappa shape index (κ3) is 6.60. The predicted molar refractivity (Wildman–Crippen MR) is 112 cm³/mol. The van der Waals surface area contributed by atoms with Crippen LogP contribution in [0.25, 0.3) is 0 Å². The highest BCUT2D eigenvalue weighted by Gasteiger charge is 2.31. The summed E-state index contributed by atoms with van der Waals surface area (Å²) in [6, 6.07) is 9.34. The molecule has 0 aliphatic rings. The first-order valence-corrected chi connectivity index (χ1v) is 9.86. The van der Waals surface area contributed by atoms with Crippen molar-refractivity contribution in [1.82, 2.24) is 0 Å². The van der Waals surface area contributed by atoms with Crippen LogP contribution < -0.4 is 0 Å². The molecule has 0 atom stereocenters. The van der Waals surface area contributed by atoms with Crippen LogP contribution in [0.3, 0.4) is 0 Å². The second-order valence-electron chi connectivity index (χ2n) is 7.04. The maximum absolute atomic E-state index is 13.8. The molecule has 0 N–H and O–H groups in total. The third-order valence-corrected chi connectivity index (χ3v) is 4.69. The second-order valence-corrected chi connectivity index (χ2v) is 7.04. The number of halogens is 5. The van der Waals surface area contributed by atoms with Gasteiger partial charge in [-0.1, -0.05) is 53.7 Å². The SMILES string of the molecule is C=CCCC(=C)CC/C(CCc1ccccc1)=N/OC(=O)c1c(F)c(F)c(F)c(F)c1F. The molecule has 0 aliphatic carbocycles. The van der Waals surface area contributed by atoms with Gasteiger partial charge in [0.05, 0.1) is 5.71 Å². The zero-order chi connectivity index (χ0) is 23.7. The summed E-state index contributed by atoms with van der Waals surface area (Å²) in [5.41, 5.74) is 0.578. The number of benzene rings is 2. The van der Waals surface area contributed by atoms with Crippen LogP contribution in [-0.2, 0) is 11.3 Å². The first-order valence-electron chi connectivity index (χ1n) is 9.86. The van der Waals surface area contributed by atoms with Crippen molar-refractivity contribution in [2.24, 2.45) is 5.16 Å². The summed E-state index contributed by atoms with van der Waals surface area (Å²) >= 11 is 0. The number of carbonyl (C=O) groups excluding carboxylic acids is 1. The van der Waals surface area contributed by atoms with E-state index in [0.717, 1.165) is 17.6 Å². The van der Waals surface area contributed by atoms with Gasteiger partial charge in [0, 0.05) is 0 Å². The maximum atomic E-state index is 13.8. The van der Waals surface area contributed by atoms with E-state index in [9.17, 15) is 26.7 Å². The number of allylic oxidation sites excluding steroid dienone is 2. The Morgan fingerprint density at radius 3 is 2.06 bits per heavy atom. The first kappa shape index (κ1) is 25.0. The summed E-state index contributed by atoms with van der Waals surface area (Å²) in [6.07, 6.45) is 4.95. The van der Waals surface area contributed by atoms with E-state index in [2.05, 4.69) is 23.2 Å². The fraction of sp³-hybridized carbons (Fsp3) is 0.250. The molecule has 0 saturated heterocycles. The zero-order valence-electron chi connectivity index (χ0n) is 17.3. The van der Waals surface area contributed by atoms with E-state index in [0.29, 0.717) is 37.8 Å². The zero-order valence-corrected chi connectivity index (χ0v) is 17.3. The summed E-state index contributed by atoms with van der Waals surface area (Å²) in [6.45, 7) is 7.59. The molecule has 8 heteroatoms. The molecule has 32 heavy (non-hydrogen) atoms. The van der Waals surface area contributed by atoms with Crippen molar-refractivity contribution in [2.45, 2.75) is 38.5 Å². The van der Waals surface area contributed by atoms with Crippen molar-refractivity contribution in [3.8, 4) is 0 Å². The van der Waals surface area contributed by atoms with Gasteiger partial charge in [-0.25, -0.2) is 26.7 Å². The fourth-order valence-corrected chi connectivity index (χ4v) is 2.84. The second kappa shape index (κ2) is 11.9. The van der Waals surface area contributed by atoms with Gasteiger partial charge in [0.1, 0.15) is 5.56 Å². The predicted octanol–water partition coefficient (Wildman–Crippen LogP) is 6.83. The number of nitrogens with zero attached hydrogens (tertiary/aromatic N) is 1. The van der Waals surface area contributed by atoms with Crippen molar-refractivity contribution in [2.75, 3.05) is 0 Å². The molecule has 0 spiro atoms. The van der Waals surface area contributed by atoms with Gasteiger partial charge >= 0.3 is 5.97 Å². The molecular formula is C24H22F5NO2. The minimum atomic E-state index is -2.36. The number of hydrogen-bond donors (Lipinski definition) is 0. The van der Waals surface area contributed by atoms with E-state index in [-0.39, 0.29) is 0 Å². The number of oxime groups is 1. The van der Waals surface area contributed by atoms with Crippen molar-refractivity contribution in [3.63, 3.8) is 0 Å². The topological polar surface area (TPSA) is 38.7 Å². The monoisotopic (exact) mass is 451 g/mol. The number of hydrogen-bond acceptors (Lipinski definition) is 3. The van der Waals surface area contributed by atoms with Crippen molar-refractivity contribution in [1.29, 1.82) is 0 Å². The van der Waals surface area contributed by atoms with E-state index in [1.165, 1.54) is 0 Å². The van der Waals surface area contributed by atoms with E-state index < -0.39 is 40.6 Å². The van der Waals surface area contributed by atoms with Crippen LogP contribution in [0.4, 0.5) is 22.0 Å². The lowest BCUT2D eigenvalue weighted by Crippen LogP contribution is -2.14. The molecule has 2 aromatic rings. The number of aryl methyl sites for hydroxylation is 1. The molecule has 3 nitrogen and oxygen atoms in total. The highest BCUT2D eigenvalue weighted by molar-refractivity contribution is 5.91. The Kier molecular flexibility index (Phi) is 9.31. The lowest BCUT2D eigenvalue weighted by atomic mass is 10.0. The Morgan fingerprint density at radius 2 is 1.47 bits per heavy atom. The van der Waals surface area contributed by atoms with E-state index in [4.69, 9.17) is 0 Å². The molecule has 0 unspecified atom stereocenters. The van der Waals surface area contributed by atoms with Gasteiger partial charge in [-0.2, -0.15) is 0 Å². The Bertz CT molecular complexity index is 990. The van der Waals surface area contributed by atoms with Crippen LogP contribution in [0, 0.1) is 29.1 Å². The largest absolute Gasteiger partial charge is 0.371 e. The molecule has 0 fully saturated rings. The lowest BCUT2D eigenvalue weighted by molar-refractivity contribution is 0.0499. The minimum Gasteiger partial charge on any atom is -0.313 e. The van der Waals surface area contributed by atoms with Gasteiger partial charge < -0.3 is 4.84 Å². The van der Waals surface area contributed by atoms with Crippen LogP contribution in [0.2, 0.25) is 0 Å². The normalized spacial score (nSPS) is 11.3. The molecule has 0 saturated carbocycles. The molecule has 0 bridgehead atoms. The van der Waals surface area contributed by atoms with Crippen LogP contribution in [0.5, 0.6) is 0 Å². The standard InChI is InChI=1S/C24H22F5NO2/c1-3-4-8-15(2)11-13-17(14-12-16-9-6-5-7-10-16)30-32-24(31)18-19(25)21(27)23(29)22(28)20(18)26/h3,5-7,9-10H,1-2,4,8,11-14H2/b30-17-. The minimum absolute atomic E-state index is 0.340. The maximum Gasteiger partial charge on any atom is 0.371 e. The van der Waals surface area contributed by atoms with E-state index >= 15 is 0 Å². The van der Waals surface area contributed by atoms with Crippen molar-refractivity contribution >= 4 is 11.7 Å². The molecule has 0 radical (unpaired) electrons. The third-order valence-electron chi connectivity index (χ3n) is 4.69. The molecule has 0 amide bonds. The Balaban J connectivity index is 2.18. The van der Waals surface area contributed by atoms with E-state index in [1.54, 1.807) is 6.08 Å². The van der Waals surface area contributed by atoms with Crippen LogP contribution in [-0.4, -0.2) is 11.7 Å². The van der Waals surface area contributed by atoms with Crippen LogP contribution >= 0.6 is 0 Å².